The average molecular weight is 474 g/mol. The van der Waals surface area contributed by atoms with E-state index in [9.17, 15) is 9.59 Å². The summed E-state index contributed by atoms with van der Waals surface area (Å²) in [6.07, 6.45) is -0.575. The van der Waals surface area contributed by atoms with Gasteiger partial charge in [-0.2, -0.15) is 0 Å². The molecule has 1 unspecified atom stereocenters. The van der Waals surface area contributed by atoms with E-state index in [4.69, 9.17) is 18.6 Å². The molecule has 0 aliphatic carbocycles. The molecule has 0 aliphatic rings. The summed E-state index contributed by atoms with van der Waals surface area (Å²) in [5, 5.41) is 3.22. The van der Waals surface area contributed by atoms with E-state index >= 15 is 0 Å². The van der Waals surface area contributed by atoms with E-state index in [1.165, 1.54) is 7.11 Å². The highest BCUT2D eigenvalue weighted by Crippen LogP contribution is 2.37. The van der Waals surface area contributed by atoms with Crippen LogP contribution in [0.3, 0.4) is 0 Å². The van der Waals surface area contributed by atoms with Crippen molar-refractivity contribution in [2.24, 2.45) is 0 Å². The summed E-state index contributed by atoms with van der Waals surface area (Å²) in [4.78, 5) is 26.5. The molecule has 0 aliphatic heterocycles. The number of nitrogens with one attached hydrogen (secondary N) is 1. The van der Waals surface area contributed by atoms with E-state index in [1.807, 2.05) is 38.1 Å². The Labute approximate surface area is 203 Å². The Bertz CT molecular complexity index is 1410. The van der Waals surface area contributed by atoms with Crippen LogP contribution >= 0.6 is 0 Å². The number of hydrogen-bond donors (Lipinski definition) is 1. The molecule has 1 N–H and O–H groups in total. The van der Waals surface area contributed by atoms with Crippen molar-refractivity contribution in [2.75, 3.05) is 19.5 Å². The van der Waals surface area contributed by atoms with Crippen molar-refractivity contribution >= 4 is 22.6 Å². The third kappa shape index (κ3) is 4.99. The van der Waals surface area contributed by atoms with Gasteiger partial charge in [0.25, 0.3) is 5.91 Å². The van der Waals surface area contributed by atoms with Crippen LogP contribution in [0.25, 0.3) is 22.3 Å². The van der Waals surface area contributed by atoms with Gasteiger partial charge in [0.05, 0.1) is 19.6 Å². The summed E-state index contributed by atoms with van der Waals surface area (Å²) in [6.45, 7) is 3.79. The fourth-order valence-electron chi connectivity index (χ4n) is 3.72. The molecule has 0 saturated carbocycles. The lowest BCUT2D eigenvalue weighted by Gasteiger charge is -2.19. The van der Waals surface area contributed by atoms with Crippen LogP contribution in [0.1, 0.15) is 18.9 Å². The van der Waals surface area contributed by atoms with Crippen LogP contribution in [0, 0.1) is 6.92 Å². The first-order chi connectivity index (χ1) is 16.9. The summed E-state index contributed by atoms with van der Waals surface area (Å²) in [6, 6.07) is 19.5. The molecule has 7 heteroatoms. The molecule has 180 valence electrons. The predicted octanol–water partition coefficient (Wildman–Crippen LogP) is 5.58. The van der Waals surface area contributed by atoms with Crippen LogP contribution in [-0.4, -0.2) is 26.2 Å². The van der Waals surface area contributed by atoms with E-state index in [2.05, 4.69) is 5.32 Å². The van der Waals surface area contributed by atoms with Crippen LogP contribution < -0.4 is 25.0 Å². The summed E-state index contributed by atoms with van der Waals surface area (Å²) in [5.74, 6) is 0.807. The van der Waals surface area contributed by atoms with E-state index in [-0.39, 0.29) is 22.8 Å². The first-order valence-electron chi connectivity index (χ1n) is 11.3. The molecular weight excluding hydrogens is 446 g/mol. The lowest BCUT2D eigenvalue weighted by atomic mass is 10.1. The number of carbonyl (C=O) groups excluding carboxylic acids is 1. The highest BCUT2D eigenvalue weighted by molar-refractivity contribution is 5.94. The zero-order valence-electron chi connectivity index (χ0n) is 20.1. The molecule has 4 rings (SSSR count). The molecular formula is C28H27NO6. The van der Waals surface area contributed by atoms with Gasteiger partial charge < -0.3 is 23.9 Å². The van der Waals surface area contributed by atoms with Gasteiger partial charge in [0.2, 0.25) is 11.2 Å². The minimum atomic E-state index is -0.917. The van der Waals surface area contributed by atoms with Gasteiger partial charge in [0.1, 0.15) is 5.58 Å². The quantitative estimate of drug-likeness (QED) is 0.359. The maximum absolute atomic E-state index is 13.5. The van der Waals surface area contributed by atoms with Crippen LogP contribution in [0.2, 0.25) is 0 Å². The SMILES string of the molecule is CCC(Oc1c(-c2ccc(OC)c(OC)c2)oc2ccccc2c1=O)C(=O)Nc1ccc(C)cc1. The number of methoxy groups -OCH3 is 2. The Kier molecular flexibility index (Phi) is 7.06. The number of amides is 1. The van der Waals surface area contributed by atoms with Crippen LogP contribution in [-0.2, 0) is 4.79 Å². The number of benzene rings is 3. The van der Waals surface area contributed by atoms with E-state index < -0.39 is 6.10 Å². The van der Waals surface area contributed by atoms with Gasteiger partial charge in [0.15, 0.2) is 23.4 Å². The average Bonchev–Trinajstić information content (AvgIpc) is 2.89. The van der Waals surface area contributed by atoms with Gasteiger partial charge in [0, 0.05) is 11.3 Å². The van der Waals surface area contributed by atoms with Crippen LogP contribution in [0.15, 0.2) is 75.9 Å². The Hall–Kier alpha value is -4.26. The summed E-state index contributed by atoms with van der Waals surface area (Å²) >= 11 is 0. The second-order valence-corrected chi connectivity index (χ2v) is 8.03. The molecule has 0 saturated heterocycles. The number of rotatable bonds is 8. The number of aryl methyl sites for hydroxylation is 1. The van der Waals surface area contributed by atoms with Crippen molar-refractivity contribution in [3.8, 4) is 28.6 Å². The lowest BCUT2D eigenvalue weighted by Crippen LogP contribution is -2.34. The Morgan fingerprint density at radius 3 is 2.37 bits per heavy atom. The zero-order chi connectivity index (χ0) is 24.9. The molecule has 0 bridgehead atoms. The van der Waals surface area contributed by atoms with Gasteiger partial charge in [-0.05, 0) is 55.8 Å². The number of carbonyl (C=O) groups is 1. The molecule has 0 spiro atoms. The Morgan fingerprint density at radius 1 is 0.971 bits per heavy atom. The van der Waals surface area contributed by atoms with Crippen LogP contribution in [0.5, 0.6) is 17.2 Å². The second-order valence-electron chi connectivity index (χ2n) is 8.03. The fourth-order valence-corrected chi connectivity index (χ4v) is 3.72. The van der Waals surface area contributed by atoms with Gasteiger partial charge in [-0.3, -0.25) is 9.59 Å². The van der Waals surface area contributed by atoms with E-state index in [1.54, 1.807) is 49.6 Å². The molecule has 1 atom stereocenters. The first-order valence-corrected chi connectivity index (χ1v) is 11.3. The highest BCUT2D eigenvalue weighted by Gasteiger charge is 2.25. The molecule has 0 fully saturated rings. The van der Waals surface area contributed by atoms with Crippen molar-refractivity contribution in [2.45, 2.75) is 26.4 Å². The van der Waals surface area contributed by atoms with Crippen molar-refractivity contribution < 1.29 is 23.4 Å². The number of para-hydroxylation sites is 1. The molecule has 4 aromatic rings. The largest absolute Gasteiger partial charge is 0.493 e. The van der Waals surface area contributed by atoms with Crippen molar-refractivity contribution in [3.05, 3.63) is 82.5 Å². The van der Waals surface area contributed by atoms with Crippen molar-refractivity contribution in [1.29, 1.82) is 0 Å². The van der Waals surface area contributed by atoms with E-state index in [0.717, 1.165) is 5.56 Å². The zero-order valence-corrected chi connectivity index (χ0v) is 20.1. The van der Waals surface area contributed by atoms with Gasteiger partial charge >= 0.3 is 0 Å². The third-order valence-corrected chi connectivity index (χ3v) is 5.64. The van der Waals surface area contributed by atoms with Gasteiger partial charge in [-0.1, -0.05) is 36.8 Å². The van der Waals surface area contributed by atoms with Crippen LogP contribution in [0.4, 0.5) is 5.69 Å². The van der Waals surface area contributed by atoms with Gasteiger partial charge in [-0.15, -0.1) is 0 Å². The highest BCUT2D eigenvalue weighted by atomic mass is 16.5. The number of fused-ring (bicyclic) bond motifs is 1. The summed E-state index contributed by atoms with van der Waals surface area (Å²) in [7, 11) is 3.07. The minimum Gasteiger partial charge on any atom is -0.493 e. The summed E-state index contributed by atoms with van der Waals surface area (Å²) in [5.41, 5.74) is 2.33. The minimum absolute atomic E-state index is 0.0400. The summed E-state index contributed by atoms with van der Waals surface area (Å²) < 4.78 is 23.0. The van der Waals surface area contributed by atoms with Gasteiger partial charge in [-0.25, -0.2) is 0 Å². The normalized spacial score (nSPS) is 11.7. The monoisotopic (exact) mass is 473 g/mol. The standard InChI is InChI=1S/C28H27NO6/c1-5-21(28(31)29-19-13-10-17(2)11-14-19)34-27-25(30)20-8-6-7-9-22(20)35-26(27)18-12-15-23(32-3)24(16-18)33-4/h6-16,21H,5H2,1-4H3,(H,29,31). The topological polar surface area (TPSA) is 87.0 Å². The molecule has 7 nitrogen and oxygen atoms in total. The predicted molar refractivity (Wildman–Crippen MR) is 136 cm³/mol. The molecule has 1 aromatic heterocycles. The molecule has 35 heavy (non-hydrogen) atoms. The maximum atomic E-state index is 13.5. The molecule has 1 amide bonds. The smallest absolute Gasteiger partial charge is 0.265 e. The van der Waals surface area contributed by atoms with Crippen molar-refractivity contribution in [3.63, 3.8) is 0 Å². The Balaban J connectivity index is 1.78. The maximum Gasteiger partial charge on any atom is 0.265 e. The molecule has 0 radical (unpaired) electrons. The second kappa shape index (κ2) is 10.3. The molecule has 1 heterocycles. The number of anilines is 1. The molecule has 3 aromatic carbocycles. The third-order valence-electron chi connectivity index (χ3n) is 5.64. The Morgan fingerprint density at radius 2 is 1.69 bits per heavy atom. The first kappa shape index (κ1) is 23.9. The lowest BCUT2D eigenvalue weighted by molar-refractivity contribution is -0.122. The number of ether oxygens (including phenoxy) is 3. The van der Waals surface area contributed by atoms with Crippen molar-refractivity contribution in [1.82, 2.24) is 0 Å². The number of hydrogen-bond acceptors (Lipinski definition) is 6. The van der Waals surface area contributed by atoms with E-state index in [0.29, 0.717) is 40.1 Å². The fraction of sp³-hybridized carbons (Fsp3) is 0.214.